The summed E-state index contributed by atoms with van der Waals surface area (Å²) in [5, 5.41) is 3.52. The maximum absolute atomic E-state index is 13.0. The van der Waals surface area contributed by atoms with E-state index in [1.165, 1.54) is 0 Å². The predicted molar refractivity (Wildman–Crippen MR) is 126 cm³/mol. The van der Waals surface area contributed by atoms with Crippen LogP contribution in [-0.2, 0) is 16.0 Å². The molecule has 2 aliphatic rings. The van der Waals surface area contributed by atoms with Crippen LogP contribution in [0.5, 0.6) is 5.75 Å². The van der Waals surface area contributed by atoms with Gasteiger partial charge in [-0.15, -0.1) is 0 Å². The number of nitrogens with one attached hydrogen (secondary N) is 1. The lowest BCUT2D eigenvalue weighted by Gasteiger charge is -2.20. The number of hydrogen-bond donors (Lipinski definition) is 1. The molecule has 170 valence electrons. The lowest BCUT2D eigenvalue weighted by molar-refractivity contribution is -0.117. The molecule has 8 nitrogen and oxygen atoms in total. The molecule has 0 radical (unpaired) electrons. The van der Waals surface area contributed by atoms with Crippen molar-refractivity contribution in [3.8, 4) is 5.75 Å². The number of ether oxygens (including phenoxy) is 1. The number of amides is 2. The van der Waals surface area contributed by atoms with E-state index in [0.29, 0.717) is 53.2 Å². The normalized spacial score (nSPS) is 15.8. The SMILES string of the molecule is COc1ccc(NC(=O)CCc2nc3ccccc3c(=O)n2C2CC2)cc1N1CCCC1=O. The number of carbonyl (C=O) groups excluding carboxylic acids is 2. The number of fused-ring (bicyclic) bond motifs is 1. The minimum absolute atomic E-state index is 0.0337. The molecule has 1 aliphatic heterocycles. The van der Waals surface area contributed by atoms with E-state index >= 15 is 0 Å². The van der Waals surface area contributed by atoms with Crippen molar-refractivity contribution in [1.82, 2.24) is 9.55 Å². The van der Waals surface area contributed by atoms with Crippen LogP contribution >= 0.6 is 0 Å². The van der Waals surface area contributed by atoms with Crippen LogP contribution in [0.3, 0.4) is 0 Å². The minimum atomic E-state index is -0.177. The van der Waals surface area contributed by atoms with Gasteiger partial charge >= 0.3 is 0 Å². The zero-order chi connectivity index (χ0) is 22.9. The molecule has 0 bridgehead atoms. The quantitative estimate of drug-likeness (QED) is 0.600. The van der Waals surface area contributed by atoms with Gasteiger partial charge in [0, 0.05) is 37.5 Å². The molecule has 0 atom stereocenters. The third-order valence-corrected chi connectivity index (χ3v) is 6.20. The van der Waals surface area contributed by atoms with Crippen LogP contribution in [0.2, 0.25) is 0 Å². The second-order valence-electron chi connectivity index (χ2n) is 8.54. The predicted octanol–water partition coefficient (Wildman–Crippen LogP) is 3.44. The molecule has 2 aromatic carbocycles. The van der Waals surface area contributed by atoms with E-state index in [2.05, 4.69) is 5.32 Å². The van der Waals surface area contributed by atoms with E-state index in [4.69, 9.17) is 9.72 Å². The molecule has 0 spiro atoms. The molecule has 5 rings (SSSR count). The first-order valence-corrected chi connectivity index (χ1v) is 11.3. The van der Waals surface area contributed by atoms with Crippen LogP contribution in [0, 0.1) is 0 Å². The van der Waals surface area contributed by atoms with E-state index in [1.807, 2.05) is 18.2 Å². The Hall–Kier alpha value is -3.68. The van der Waals surface area contributed by atoms with Gasteiger partial charge in [0.2, 0.25) is 11.8 Å². The molecule has 33 heavy (non-hydrogen) atoms. The highest BCUT2D eigenvalue weighted by molar-refractivity contribution is 5.98. The number of anilines is 2. The van der Waals surface area contributed by atoms with Crippen molar-refractivity contribution >= 4 is 34.1 Å². The Balaban J connectivity index is 1.33. The molecule has 1 saturated heterocycles. The smallest absolute Gasteiger partial charge is 0.261 e. The van der Waals surface area contributed by atoms with Crippen LogP contribution in [0.25, 0.3) is 10.9 Å². The van der Waals surface area contributed by atoms with Crippen molar-refractivity contribution in [1.29, 1.82) is 0 Å². The molecule has 8 heteroatoms. The lowest BCUT2D eigenvalue weighted by Crippen LogP contribution is -2.26. The second-order valence-corrected chi connectivity index (χ2v) is 8.54. The topological polar surface area (TPSA) is 93.5 Å². The Kier molecular flexibility index (Phi) is 5.58. The summed E-state index contributed by atoms with van der Waals surface area (Å²) in [6.07, 6.45) is 3.81. The van der Waals surface area contributed by atoms with Crippen molar-refractivity contribution in [3.05, 3.63) is 58.6 Å². The Morgan fingerprint density at radius 1 is 1.18 bits per heavy atom. The summed E-state index contributed by atoms with van der Waals surface area (Å²) < 4.78 is 7.18. The van der Waals surface area contributed by atoms with Crippen molar-refractivity contribution in [2.45, 2.75) is 44.6 Å². The van der Waals surface area contributed by atoms with Gasteiger partial charge in [0.05, 0.1) is 23.7 Å². The zero-order valence-corrected chi connectivity index (χ0v) is 18.5. The third-order valence-electron chi connectivity index (χ3n) is 6.20. The summed E-state index contributed by atoms with van der Waals surface area (Å²) in [5.74, 6) is 1.12. The number of nitrogens with zero attached hydrogens (tertiary/aromatic N) is 3. The molecular formula is C25H26N4O4. The first-order valence-electron chi connectivity index (χ1n) is 11.3. The number of para-hydroxylation sites is 1. The summed E-state index contributed by atoms with van der Waals surface area (Å²) in [6.45, 7) is 0.638. The van der Waals surface area contributed by atoms with Crippen molar-refractivity contribution in [3.63, 3.8) is 0 Å². The Morgan fingerprint density at radius 2 is 2.00 bits per heavy atom. The molecule has 0 unspecified atom stereocenters. The maximum atomic E-state index is 13.0. The van der Waals surface area contributed by atoms with Gasteiger partial charge in [0.15, 0.2) is 0 Å². The molecule has 3 aromatic rings. The summed E-state index contributed by atoms with van der Waals surface area (Å²) in [5.41, 5.74) is 1.89. The summed E-state index contributed by atoms with van der Waals surface area (Å²) in [7, 11) is 1.56. The standard InChI is InChI=1S/C25H26N4O4/c1-33-21-11-8-16(15-20(21)28-14-4-7-24(28)31)26-23(30)13-12-22-27-19-6-3-2-5-18(19)25(32)29(22)17-9-10-17/h2-3,5-6,8,11,15,17H,4,7,9-10,12-14H2,1H3,(H,26,30). The number of rotatable bonds is 7. The first-order chi connectivity index (χ1) is 16.0. The number of carbonyl (C=O) groups is 2. The van der Waals surface area contributed by atoms with Gasteiger partial charge in [-0.05, 0) is 49.6 Å². The Labute approximate surface area is 191 Å². The van der Waals surface area contributed by atoms with Crippen molar-refractivity contribution in [2.24, 2.45) is 0 Å². The summed E-state index contributed by atoms with van der Waals surface area (Å²) >= 11 is 0. The zero-order valence-electron chi connectivity index (χ0n) is 18.5. The molecular weight excluding hydrogens is 420 g/mol. The second kappa shape index (κ2) is 8.69. The number of methoxy groups -OCH3 is 1. The van der Waals surface area contributed by atoms with E-state index < -0.39 is 0 Å². The highest BCUT2D eigenvalue weighted by Crippen LogP contribution is 2.35. The molecule has 2 amide bonds. The minimum Gasteiger partial charge on any atom is -0.495 e. The van der Waals surface area contributed by atoms with E-state index in [0.717, 1.165) is 19.3 Å². The number of aryl methyl sites for hydroxylation is 1. The van der Waals surface area contributed by atoms with Crippen LogP contribution in [0.1, 0.15) is 44.0 Å². The molecule has 2 fully saturated rings. The Morgan fingerprint density at radius 3 is 2.73 bits per heavy atom. The summed E-state index contributed by atoms with van der Waals surface area (Å²) in [4.78, 5) is 44.3. The van der Waals surface area contributed by atoms with E-state index in [9.17, 15) is 14.4 Å². The van der Waals surface area contributed by atoms with Crippen LogP contribution < -0.4 is 20.5 Å². The third kappa shape index (κ3) is 4.20. The van der Waals surface area contributed by atoms with Crippen molar-refractivity contribution in [2.75, 3.05) is 23.9 Å². The van der Waals surface area contributed by atoms with Crippen LogP contribution in [0.4, 0.5) is 11.4 Å². The van der Waals surface area contributed by atoms with Crippen LogP contribution in [0.15, 0.2) is 47.3 Å². The molecule has 2 heterocycles. The van der Waals surface area contributed by atoms with Gasteiger partial charge in [-0.3, -0.25) is 19.0 Å². The highest BCUT2D eigenvalue weighted by Gasteiger charge is 2.28. The van der Waals surface area contributed by atoms with Gasteiger partial charge in [-0.25, -0.2) is 4.98 Å². The van der Waals surface area contributed by atoms with Gasteiger partial charge in [0.1, 0.15) is 11.6 Å². The summed E-state index contributed by atoms with van der Waals surface area (Å²) in [6, 6.07) is 12.8. The molecule has 1 aliphatic carbocycles. The van der Waals surface area contributed by atoms with E-state index in [-0.39, 0.29) is 29.8 Å². The average molecular weight is 447 g/mol. The van der Waals surface area contributed by atoms with Crippen LogP contribution in [-0.4, -0.2) is 35.0 Å². The lowest BCUT2D eigenvalue weighted by atomic mass is 10.2. The first kappa shape index (κ1) is 21.2. The van der Waals surface area contributed by atoms with Gasteiger partial charge < -0.3 is 15.0 Å². The fourth-order valence-corrected chi connectivity index (χ4v) is 4.41. The molecule has 1 N–H and O–H groups in total. The highest BCUT2D eigenvalue weighted by atomic mass is 16.5. The number of benzene rings is 2. The van der Waals surface area contributed by atoms with E-state index in [1.54, 1.807) is 40.8 Å². The average Bonchev–Trinajstić information content (AvgIpc) is 3.57. The van der Waals surface area contributed by atoms with Gasteiger partial charge in [-0.2, -0.15) is 0 Å². The Bertz CT molecular complexity index is 1300. The molecule has 1 saturated carbocycles. The monoisotopic (exact) mass is 446 g/mol. The number of hydrogen-bond acceptors (Lipinski definition) is 5. The fourth-order valence-electron chi connectivity index (χ4n) is 4.41. The number of aromatic nitrogens is 2. The largest absolute Gasteiger partial charge is 0.495 e. The fraction of sp³-hybridized carbons (Fsp3) is 0.360. The molecule has 1 aromatic heterocycles. The van der Waals surface area contributed by atoms with Crippen molar-refractivity contribution < 1.29 is 14.3 Å². The van der Waals surface area contributed by atoms with Gasteiger partial charge in [0.25, 0.3) is 5.56 Å². The maximum Gasteiger partial charge on any atom is 0.261 e. The van der Waals surface area contributed by atoms with Gasteiger partial charge in [-0.1, -0.05) is 12.1 Å².